The minimum absolute atomic E-state index is 0.247. The Labute approximate surface area is 157 Å². The zero-order chi connectivity index (χ0) is 20.5. The maximum absolute atomic E-state index is 12.6. The molecule has 1 aromatic carbocycles. The molecule has 7 heteroatoms. The average molecular weight is 391 g/mol. The highest BCUT2D eigenvalue weighted by molar-refractivity contribution is 7.83. The van der Waals surface area contributed by atoms with E-state index >= 15 is 0 Å². The third-order valence-electron chi connectivity index (χ3n) is 3.14. The average Bonchev–Trinajstić information content (AvgIpc) is 2.56. The molecule has 0 saturated carbocycles. The molecular formula is C19H29F3N2OS. The van der Waals surface area contributed by atoms with Crippen LogP contribution in [-0.4, -0.2) is 20.9 Å². The van der Waals surface area contributed by atoms with Gasteiger partial charge in [0.2, 0.25) is 0 Å². The van der Waals surface area contributed by atoms with Gasteiger partial charge in [0.05, 0.1) is 6.42 Å². The SMILES string of the molecule is CC.CC.Cc1cnc(S(=O)NC(C)(C)CC(F)(F)F)c2ccccc12. The van der Waals surface area contributed by atoms with Crippen molar-refractivity contribution in [1.82, 2.24) is 9.71 Å². The number of aryl methyl sites for hydroxylation is 1. The fraction of sp³-hybridized carbons (Fsp3) is 0.526. The van der Waals surface area contributed by atoms with Crippen LogP contribution in [0.3, 0.4) is 0 Å². The first-order valence-electron chi connectivity index (χ1n) is 8.70. The molecule has 2 aromatic rings. The quantitative estimate of drug-likeness (QED) is 0.702. The molecule has 0 aliphatic heterocycles. The van der Waals surface area contributed by atoms with E-state index in [0.29, 0.717) is 5.39 Å². The van der Waals surface area contributed by atoms with Gasteiger partial charge >= 0.3 is 6.18 Å². The van der Waals surface area contributed by atoms with E-state index in [1.54, 1.807) is 18.3 Å². The molecule has 26 heavy (non-hydrogen) atoms. The third-order valence-corrected chi connectivity index (χ3v) is 4.56. The fourth-order valence-electron chi connectivity index (χ4n) is 2.29. The Hall–Kier alpha value is -1.47. The Morgan fingerprint density at radius 2 is 1.54 bits per heavy atom. The fourth-order valence-corrected chi connectivity index (χ4v) is 3.49. The van der Waals surface area contributed by atoms with Crippen molar-refractivity contribution in [2.45, 2.75) is 71.6 Å². The maximum atomic E-state index is 12.6. The van der Waals surface area contributed by atoms with Crippen molar-refractivity contribution in [1.29, 1.82) is 0 Å². The summed E-state index contributed by atoms with van der Waals surface area (Å²) in [6.07, 6.45) is -3.83. The molecule has 0 radical (unpaired) electrons. The lowest BCUT2D eigenvalue weighted by Gasteiger charge is -2.26. The molecule has 148 valence electrons. The molecule has 0 aliphatic carbocycles. The highest BCUT2D eigenvalue weighted by Crippen LogP contribution is 2.28. The molecule has 0 fully saturated rings. The summed E-state index contributed by atoms with van der Waals surface area (Å²) in [5.74, 6) is 0. The molecule has 1 atom stereocenters. The van der Waals surface area contributed by atoms with E-state index in [2.05, 4.69) is 9.71 Å². The van der Waals surface area contributed by atoms with Crippen LogP contribution in [-0.2, 0) is 11.0 Å². The van der Waals surface area contributed by atoms with Gasteiger partial charge in [-0.15, -0.1) is 0 Å². The second kappa shape index (κ2) is 10.6. The zero-order valence-corrected chi connectivity index (χ0v) is 17.3. The lowest BCUT2D eigenvalue weighted by Crippen LogP contribution is -2.44. The van der Waals surface area contributed by atoms with Crippen molar-refractivity contribution >= 4 is 21.8 Å². The number of hydrogen-bond donors (Lipinski definition) is 1. The van der Waals surface area contributed by atoms with Crippen molar-refractivity contribution < 1.29 is 17.4 Å². The van der Waals surface area contributed by atoms with Crippen molar-refractivity contribution in [3.05, 3.63) is 36.0 Å². The first-order valence-corrected chi connectivity index (χ1v) is 9.85. The molecule has 3 nitrogen and oxygen atoms in total. The van der Waals surface area contributed by atoms with Crippen LogP contribution in [0.1, 0.15) is 53.5 Å². The number of alkyl halides is 3. The van der Waals surface area contributed by atoms with E-state index in [9.17, 15) is 17.4 Å². The van der Waals surface area contributed by atoms with E-state index in [1.807, 2.05) is 46.8 Å². The number of halogens is 3. The molecule has 1 N–H and O–H groups in total. The Morgan fingerprint density at radius 1 is 1.04 bits per heavy atom. The van der Waals surface area contributed by atoms with Crippen LogP contribution in [0, 0.1) is 6.92 Å². The summed E-state index contributed by atoms with van der Waals surface area (Å²) < 4.78 is 52.6. The smallest absolute Gasteiger partial charge is 0.245 e. The van der Waals surface area contributed by atoms with Crippen molar-refractivity contribution in [3.63, 3.8) is 0 Å². The van der Waals surface area contributed by atoms with Crippen LogP contribution in [0.2, 0.25) is 0 Å². The van der Waals surface area contributed by atoms with Gasteiger partial charge in [0, 0.05) is 17.1 Å². The first kappa shape index (κ1) is 24.5. The Kier molecular flexibility index (Phi) is 10.0. The number of nitrogens with one attached hydrogen (secondary N) is 1. The van der Waals surface area contributed by atoms with Gasteiger partial charge in [-0.05, 0) is 31.7 Å². The summed E-state index contributed by atoms with van der Waals surface area (Å²) in [6.45, 7) is 12.6. The van der Waals surface area contributed by atoms with Crippen LogP contribution >= 0.6 is 0 Å². The van der Waals surface area contributed by atoms with Gasteiger partial charge in [-0.1, -0.05) is 52.0 Å². The van der Waals surface area contributed by atoms with Crippen LogP contribution in [0.25, 0.3) is 10.8 Å². The molecule has 1 aromatic heterocycles. The summed E-state index contributed by atoms with van der Waals surface area (Å²) >= 11 is 0. The number of rotatable bonds is 4. The summed E-state index contributed by atoms with van der Waals surface area (Å²) in [5, 5.41) is 1.81. The lowest BCUT2D eigenvalue weighted by molar-refractivity contribution is -0.145. The van der Waals surface area contributed by atoms with Crippen LogP contribution in [0.4, 0.5) is 13.2 Å². The largest absolute Gasteiger partial charge is 0.390 e. The van der Waals surface area contributed by atoms with E-state index in [4.69, 9.17) is 0 Å². The highest BCUT2D eigenvalue weighted by atomic mass is 32.2. The first-order chi connectivity index (χ1) is 12.1. The van der Waals surface area contributed by atoms with Crippen LogP contribution in [0.5, 0.6) is 0 Å². The summed E-state index contributed by atoms with van der Waals surface area (Å²) in [7, 11) is -1.83. The Morgan fingerprint density at radius 3 is 2.04 bits per heavy atom. The minimum Gasteiger partial charge on any atom is -0.245 e. The monoisotopic (exact) mass is 390 g/mol. The van der Waals surface area contributed by atoms with Gasteiger partial charge in [0.15, 0.2) is 0 Å². The van der Waals surface area contributed by atoms with Crippen molar-refractivity contribution in [2.24, 2.45) is 0 Å². The number of benzene rings is 1. The Balaban J connectivity index is 0.00000146. The number of pyridine rings is 1. The van der Waals surface area contributed by atoms with E-state index < -0.39 is 29.1 Å². The number of fused-ring (bicyclic) bond motifs is 1. The van der Waals surface area contributed by atoms with Gasteiger partial charge in [-0.3, -0.25) is 0 Å². The molecule has 0 aliphatic rings. The van der Waals surface area contributed by atoms with Gasteiger partial charge in [-0.2, -0.15) is 13.2 Å². The van der Waals surface area contributed by atoms with Gasteiger partial charge in [0.25, 0.3) is 0 Å². The molecule has 0 amide bonds. The van der Waals surface area contributed by atoms with E-state index in [1.165, 1.54) is 13.8 Å². The van der Waals surface area contributed by atoms with Gasteiger partial charge in [-0.25, -0.2) is 13.9 Å². The van der Waals surface area contributed by atoms with Gasteiger partial charge < -0.3 is 0 Å². The van der Waals surface area contributed by atoms with E-state index in [-0.39, 0.29) is 5.03 Å². The normalized spacial score (nSPS) is 12.5. The maximum Gasteiger partial charge on any atom is 0.390 e. The highest BCUT2D eigenvalue weighted by Gasteiger charge is 2.37. The summed E-state index contributed by atoms with van der Waals surface area (Å²) in [6, 6.07) is 7.27. The van der Waals surface area contributed by atoms with Gasteiger partial charge in [0.1, 0.15) is 16.0 Å². The minimum atomic E-state index is -4.33. The second-order valence-corrected chi connectivity index (χ2v) is 6.97. The Bertz CT molecular complexity index is 715. The standard InChI is InChI=1S/C15H17F3N2OS.2C2H6/c1-10-8-19-13(12-7-5-4-6-11(10)12)22(21)20-14(2,3)9-15(16,17)18;2*1-2/h4-8,20H,9H2,1-3H3;2*1-2H3. The number of hydrogen-bond acceptors (Lipinski definition) is 2. The number of aromatic nitrogens is 1. The predicted octanol–water partition coefficient (Wildman–Crippen LogP) is 5.94. The summed E-state index contributed by atoms with van der Waals surface area (Å²) in [5.41, 5.74) is -0.428. The molecule has 0 bridgehead atoms. The van der Waals surface area contributed by atoms with E-state index in [0.717, 1.165) is 10.9 Å². The molecule has 1 unspecified atom stereocenters. The van der Waals surface area contributed by atoms with Crippen LogP contribution < -0.4 is 4.72 Å². The molecule has 2 rings (SSSR count). The molecular weight excluding hydrogens is 361 g/mol. The third kappa shape index (κ3) is 7.41. The second-order valence-electron chi connectivity index (χ2n) is 5.84. The van der Waals surface area contributed by atoms with Crippen molar-refractivity contribution in [2.75, 3.05) is 0 Å². The molecule has 0 spiro atoms. The topological polar surface area (TPSA) is 42.0 Å². The van der Waals surface area contributed by atoms with Crippen molar-refractivity contribution in [3.8, 4) is 0 Å². The lowest BCUT2D eigenvalue weighted by atomic mass is 10.0. The van der Waals surface area contributed by atoms with Crippen LogP contribution in [0.15, 0.2) is 35.5 Å². The molecule has 1 heterocycles. The summed E-state index contributed by atoms with van der Waals surface area (Å²) in [4.78, 5) is 4.14. The molecule has 0 saturated heterocycles. The predicted molar refractivity (Wildman–Crippen MR) is 103 cm³/mol. The number of nitrogens with zero attached hydrogens (tertiary/aromatic N) is 1. The zero-order valence-electron chi connectivity index (χ0n) is 16.5.